The molecule has 68 heteroatoms. The third kappa shape index (κ3) is 40.5. The first kappa shape index (κ1) is 108. The summed E-state index contributed by atoms with van der Waals surface area (Å²) in [6, 6.07) is 12.4. The minimum atomic E-state index is -5.90. The molecule has 0 radical (unpaired) electrons. The molecule has 17 N–H and O–H groups in total. The van der Waals surface area contributed by atoms with Gasteiger partial charge in [-0.15, -0.1) is 0 Å². The van der Waals surface area contributed by atoms with Crippen LogP contribution in [-0.2, 0) is 111 Å². The smallest absolute Gasteiger partial charge is 0.490 e. The van der Waals surface area contributed by atoms with E-state index in [4.69, 9.17) is 100 Å². The fourth-order valence-electron chi connectivity index (χ4n) is 10.5. The Morgan fingerprint density at radius 3 is 1.48 bits per heavy atom. The number of amides is 6. The number of nitrogens with zero attached hydrogens (tertiary/aromatic N) is 17. The van der Waals surface area contributed by atoms with Crippen molar-refractivity contribution in [3.8, 4) is 35.2 Å². The van der Waals surface area contributed by atoms with E-state index in [1.54, 1.807) is 36.4 Å². The molecule has 0 bridgehead atoms. The fourth-order valence-corrected chi connectivity index (χ4v) is 16.5. The number of ether oxygens (including phenoxy) is 10. The van der Waals surface area contributed by atoms with Crippen molar-refractivity contribution in [2.24, 2.45) is 20.5 Å². The van der Waals surface area contributed by atoms with Crippen LogP contribution in [0.25, 0.3) is 52.8 Å². The number of hydrogen-bond donors (Lipinski definition) is 15. The SMILES string of the molecule is CC(=O)NCCNC(=O)c1cccc(OCC(N=[N+]=[N-])OCCOCC(=O)NCC#Cc2cn(C3CC(OCN=[N+]=[N-])C(COP(=O)(O)OP(=O)(O)OP(=O)(O)O)O3)c3ncnc(N)c23)c1.CC(=O)NCCNC(=O)c1cccc(OCC(N=[N+]=[N-])OCCOCC(=O)NCC#Cc2cn(C3C[C@H](OCN=[N+]=[N-])C(COP(=O)(O)OP(=O)(O)OP(=O)([O-])O)O3)c(=O)nc2N)c1. The third-order valence-electron chi connectivity index (χ3n) is 15.7. The van der Waals surface area contributed by atoms with Crippen molar-refractivity contribution in [2.75, 3.05) is 130 Å². The molecule has 5 heterocycles. The van der Waals surface area contributed by atoms with Crippen LogP contribution in [0.3, 0.4) is 0 Å². The second-order valence-corrected chi connectivity index (χ2v) is 34.0. The van der Waals surface area contributed by atoms with Crippen molar-refractivity contribution in [3.63, 3.8) is 0 Å². The topological polar surface area (TPSA) is 902 Å². The van der Waals surface area contributed by atoms with Crippen LogP contribution in [0, 0.1) is 23.7 Å². The van der Waals surface area contributed by atoms with Gasteiger partial charge in [0.05, 0.1) is 81.5 Å². The first-order valence-corrected chi connectivity index (χ1v) is 45.6. The second-order valence-electron chi connectivity index (χ2n) is 25.2. The number of nitrogens with two attached hydrogens (primary N) is 2. The monoisotopic (exact) mass is 1950 g/mol. The van der Waals surface area contributed by atoms with Gasteiger partial charge >= 0.3 is 44.8 Å². The number of rotatable bonds is 52. The Labute approximate surface area is 730 Å². The van der Waals surface area contributed by atoms with Crippen molar-refractivity contribution >= 4 is 105 Å². The highest BCUT2D eigenvalue weighted by atomic mass is 31.3. The molecule has 2 saturated heterocycles. The normalized spacial score (nSPS) is 18.4. The number of azide groups is 4. The number of carbonyl (C=O) groups excluding carboxylic acids is 6. The van der Waals surface area contributed by atoms with Crippen LogP contribution in [0.2, 0.25) is 0 Å². The van der Waals surface area contributed by atoms with E-state index in [-0.39, 0.29) is 149 Å². The van der Waals surface area contributed by atoms with E-state index in [1.807, 2.05) is 0 Å². The van der Waals surface area contributed by atoms with E-state index in [9.17, 15) is 85.4 Å². The maximum atomic E-state index is 12.8. The Balaban J connectivity index is 0.000000401. The van der Waals surface area contributed by atoms with Crippen LogP contribution < -0.4 is 63.4 Å². The number of phosphoric acid groups is 6. The summed E-state index contributed by atoms with van der Waals surface area (Å²) in [5, 5.41) is 29.2. The molecule has 2 fully saturated rings. The molecule has 13 atom stereocenters. The lowest BCUT2D eigenvalue weighted by molar-refractivity contribution is -0.212. The molecule has 7 rings (SSSR count). The number of anilines is 2. The van der Waals surface area contributed by atoms with Gasteiger partial charge in [-0.1, -0.05) is 56.3 Å². The lowest BCUT2D eigenvalue weighted by Gasteiger charge is -2.22. The molecular formula is C62H82N25O37P6-. The van der Waals surface area contributed by atoms with Gasteiger partial charge in [0.15, 0.2) is 12.5 Å². The predicted octanol–water partition coefficient (Wildman–Crippen LogP) is 0.939. The minimum absolute atomic E-state index is 0.0152. The molecular weight excluding hydrogens is 1870 g/mol. The zero-order chi connectivity index (χ0) is 95.7. The summed E-state index contributed by atoms with van der Waals surface area (Å²) in [6.45, 7) is -1.35. The Morgan fingerprint density at radius 2 is 1.03 bits per heavy atom. The summed E-state index contributed by atoms with van der Waals surface area (Å²) in [5.74, 6) is 8.76. The Kier molecular flexibility index (Phi) is 44.0. The Morgan fingerprint density at radius 1 is 0.585 bits per heavy atom. The van der Waals surface area contributed by atoms with E-state index in [0.29, 0.717) is 11.3 Å². The number of aromatic nitrogens is 5. The van der Waals surface area contributed by atoms with Gasteiger partial charge in [0.1, 0.15) is 99.7 Å². The zero-order valence-corrected chi connectivity index (χ0v) is 72.8. The maximum Gasteiger partial charge on any atom is 0.490 e. The number of hydrogen-bond acceptors (Lipinski definition) is 39. The highest BCUT2D eigenvalue weighted by molar-refractivity contribution is 7.67. The average molecular weight is 1960 g/mol. The van der Waals surface area contributed by atoms with Crippen LogP contribution in [0.15, 0.2) is 92.5 Å². The van der Waals surface area contributed by atoms with Crippen molar-refractivity contribution in [2.45, 2.75) is 76.0 Å². The van der Waals surface area contributed by atoms with Gasteiger partial charge in [0.25, 0.3) is 19.6 Å². The van der Waals surface area contributed by atoms with Gasteiger partial charge in [-0.25, -0.2) is 41.9 Å². The fraction of sp³-hybridized carbons (Fsp3) is 0.484. The molecule has 2 aliphatic rings. The molecule has 6 amide bonds. The summed E-state index contributed by atoms with van der Waals surface area (Å²) in [7, 11) is -34.4. The largest absolute Gasteiger partial charge is 0.756 e. The van der Waals surface area contributed by atoms with E-state index < -0.39 is 165 Å². The van der Waals surface area contributed by atoms with Crippen molar-refractivity contribution in [1.29, 1.82) is 0 Å². The molecule has 0 saturated carbocycles. The Bertz CT molecular complexity index is 5490. The number of nitrogen functional groups attached to an aromatic ring is 2. The average Bonchev–Trinajstić information content (AvgIpc) is 1.61. The number of benzene rings is 2. The standard InChI is InChI=1S/C32H42N13O18P3.C30H41N12O19P3/c1-20(46)36-8-9-38-32(48)21-4-2-6-23(12-21)58-17-27(42-44-35)57-11-10-56-16-26(47)37-7-3-5-22-14-45(31-29(22)30(33)39-18-40-31)28-13-24(59-19-41-43-34)25(61-28)15-60-65(52,53)63-66(54,55)62-64(49,50)51;1-19(43)34-8-9-36-29(45)20-4-2-6-22(12-20)56-17-26(39-41-33)55-11-10-54-16-25(44)35-7-3-5-21-14-42(30(46)38-28(21)31)27-13-23(57-18-37-40-32)24(59-27)15-58-63(50,51)61-64(52,53)60-62(47,48)49/h2,4,6,12,14,18,24-25,27-28H,7-11,13,15-17,19H2,1H3,(H,36,46)(H,37,47)(H,38,48)(H,52,53)(H,54,55)(H2,33,39,40)(H2,49,50,51);2,4,6,12,14,23-24,26-27H,7-11,13,15-18H2,1H3,(H,34,43)(H,35,44)(H,36,45)(H,50,51)(H,52,53)(H2,31,38,46)(H2,47,48,49)/p-1/t;23-,24?,26?,27?/m.0/s1. The minimum Gasteiger partial charge on any atom is -0.756 e. The van der Waals surface area contributed by atoms with Crippen LogP contribution in [0.5, 0.6) is 11.5 Å². The number of nitrogens with one attached hydrogen (secondary N) is 6. The van der Waals surface area contributed by atoms with Crippen molar-refractivity contribution in [1.82, 2.24) is 56.0 Å². The van der Waals surface area contributed by atoms with Crippen LogP contribution in [0.1, 0.15) is 71.0 Å². The first-order chi connectivity index (χ1) is 61.5. The zero-order valence-electron chi connectivity index (χ0n) is 67.4. The summed E-state index contributed by atoms with van der Waals surface area (Å²) < 4.78 is 151. The van der Waals surface area contributed by atoms with Gasteiger partial charge < -0.3 is 134 Å². The van der Waals surface area contributed by atoms with E-state index in [0.717, 1.165) is 17.1 Å². The predicted molar refractivity (Wildman–Crippen MR) is 432 cm³/mol. The maximum absolute atomic E-state index is 12.8. The molecule has 12 unspecified atom stereocenters. The molecule has 0 aliphatic carbocycles. The molecule has 3 aromatic heterocycles. The summed E-state index contributed by atoms with van der Waals surface area (Å²) >= 11 is 0. The van der Waals surface area contributed by atoms with Gasteiger partial charge in [0.2, 0.25) is 23.6 Å². The first-order valence-electron chi connectivity index (χ1n) is 36.6. The van der Waals surface area contributed by atoms with Gasteiger partial charge in [0, 0.05) is 96.0 Å². The third-order valence-corrected chi connectivity index (χ3v) is 23.3. The molecule has 708 valence electrons. The molecule has 0 spiro atoms. The van der Waals surface area contributed by atoms with E-state index >= 15 is 0 Å². The number of fused-ring (bicyclic) bond motifs is 1. The molecule has 62 nitrogen and oxygen atoms in total. The lowest BCUT2D eigenvalue weighted by Crippen LogP contribution is -2.33. The molecule has 5 aromatic rings. The molecule has 2 aromatic carbocycles. The van der Waals surface area contributed by atoms with Gasteiger partial charge in [-0.2, -0.15) is 17.9 Å². The highest BCUT2D eigenvalue weighted by Gasteiger charge is 2.46. The second kappa shape index (κ2) is 53.2. The lowest BCUT2D eigenvalue weighted by atomic mass is 10.2. The summed E-state index contributed by atoms with van der Waals surface area (Å²) in [5.41, 5.74) is 47.3. The molecule has 2 aliphatic heterocycles. The number of carbonyl (C=O) groups is 6. The quantitative estimate of drug-likeness (QED) is 0.00643. The molecule has 130 heavy (non-hydrogen) atoms. The summed E-state index contributed by atoms with van der Waals surface area (Å²) in [4.78, 5) is 182. The van der Waals surface area contributed by atoms with Crippen LogP contribution in [-0.4, -0.2) is 249 Å². The van der Waals surface area contributed by atoms with Crippen LogP contribution >= 0.6 is 46.9 Å². The van der Waals surface area contributed by atoms with Crippen molar-refractivity contribution < 1.29 is 169 Å². The Hall–Kier alpha value is -11.2. The number of phosphoric ester groups is 2. The van der Waals surface area contributed by atoms with Gasteiger partial charge in [-0.05, 0) is 58.5 Å². The highest BCUT2D eigenvalue weighted by Crippen LogP contribution is 2.67. The summed E-state index contributed by atoms with van der Waals surface area (Å²) in [6.07, 6.45) is -5.77. The van der Waals surface area contributed by atoms with E-state index in [1.165, 1.54) is 36.7 Å². The van der Waals surface area contributed by atoms with Crippen molar-refractivity contribution in [3.05, 3.63) is 142 Å². The van der Waals surface area contributed by atoms with E-state index in [2.05, 4.69) is 132 Å². The van der Waals surface area contributed by atoms with Gasteiger partial charge in [-0.3, -0.25) is 46.9 Å². The van der Waals surface area contributed by atoms with Crippen LogP contribution in [0.4, 0.5) is 11.6 Å².